The maximum Gasteiger partial charge on any atom is 0.408 e. The van der Waals surface area contributed by atoms with Crippen LogP contribution < -0.4 is 26.4 Å². The summed E-state index contributed by atoms with van der Waals surface area (Å²) in [5, 5.41) is 9.53. The van der Waals surface area contributed by atoms with Crippen molar-refractivity contribution in [3.63, 3.8) is 0 Å². The zero-order valence-corrected chi connectivity index (χ0v) is 22.2. The Kier molecular flexibility index (Phi) is 13.0. The van der Waals surface area contributed by atoms with Crippen LogP contribution in [0.1, 0.15) is 53.0 Å². The summed E-state index contributed by atoms with van der Waals surface area (Å²) in [6.07, 6.45) is 1.02. The molecule has 0 atom stereocenters. The van der Waals surface area contributed by atoms with Crippen LogP contribution in [0.25, 0.3) is 0 Å². The van der Waals surface area contributed by atoms with Crippen LogP contribution in [0.4, 0.5) is 4.79 Å². The average molecular weight is 563 g/mol. The van der Waals surface area contributed by atoms with Gasteiger partial charge in [0.2, 0.25) is 0 Å². The van der Waals surface area contributed by atoms with Crippen molar-refractivity contribution in [2.24, 2.45) is 10.7 Å². The number of nitrogens with zero attached hydrogens (tertiary/aromatic N) is 1. The fourth-order valence-corrected chi connectivity index (χ4v) is 2.80. The molecule has 0 fully saturated rings. The van der Waals surface area contributed by atoms with Crippen LogP contribution in [0.2, 0.25) is 0 Å². The summed E-state index contributed by atoms with van der Waals surface area (Å²) >= 11 is 0. The molecule has 1 rings (SSSR count). The lowest BCUT2D eigenvalue weighted by atomic mass is 9.93. The number of rotatable bonds is 10. The molecule has 182 valence electrons. The molecule has 0 bridgehead atoms. The molecule has 1 aromatic rings. The first kappa shape index (κ1) is 29.8. The lowest BCUT2D eigenvalue weighted by molar-refractivity contribution is -0.119. The molecule has 0 radical (unpaired) electrons. The highest BCUT2D eigenvalue weighted by atomic mass is 127. The molecule has 0 aliphatic carbocycles. The van der Waals surface area contributed by atoms with E-state index in [9.17, 15) is 9.59 Å². The lowest BCUT2D eigenvalue weighted by Crippen LogP contribution is -2.57. The van der Waals surface area contributed by atoms with Crippen molar-refractivity contribution in [3.8, 4) is 5.75 Å². The third-order valence-corrected chi connectivity index (χ3v) is 4.68. The van der Waals surface area contributed by atoms with Gasteiger partial charge < -0.3 is 31.2 Å². The first-order valence-corrected chi connectivity index (χ1v) is 10.5. The Morgan fingerprint density at radius 1 is 1.12 bits per heavy atom. The van der Waals surface area contributed by atoms with Crippen LogP contribution in [0, 0.1) is 0 Å². The van der Waals surface area contributed by atoms with Crippen molar-refractivity contribution in [3.05, 3.63) is 29.8 Å². The number of amides is 2. The van der Waals surface area contributed by atoms with Crippen molar-refractivity contribution in [1.29, 1.82) is 0 Å². The van der Waals surface area contributed by atoms with E-state index in [1.807, 2.05) is 52.8 Å². The minimum absolute atomic E-state index is 0. The number of ether oxygens (including phenoxy) is 2. The highest BCUT2D eigenvalue weighted by molar-refractivity contribution is 14.0. The SMILES string of the molecule is CCC(CC)(CNC(=NC)NCc1cccc(OCC(N)=O)c1)NC(=O)OC(C)(C)C.I. The zero-order chi connectivity index (χ0) is 23.5. The standard InChI is InChI=1S/C22H37N5O4.HI/c1-7-22(8-2,27-20(29)31-21(3,4)5)15-26-19(24-6)25-13-16-10-9-11-17(12-16)30-14-18(23)28;/h9-12H,7-8,13-15H2,1-6H3,(H2,23,28)(H,27,29)(H2,24,25,26);1H. The predicted octanol–water partition coefficient (Wildman–Crippen LogP) is 2.92. The van der Waals surface area contributed by atoms with Crippen molar-refractivity contribution in [2.45, 2.75) is 65.1 Å². The van der Waals surface area contributed by atoms with E-state index in [0.29, 0.717) is 24.8 Å². The summed E-state index contributed by atoms with van der Waals surface area (Å²) in [6.45, 7) is 10.4. The van der Waals surface area contributed by atoms with Gasteiger partial charge in [-0.05, 0) is 51.3 Å². The number of hydrogen-bond donors (Lipinski definition) is 4. The highest BCUT2D eigenvalue weighted by Crippen LogP contribution is 2.16. The quantitative estimate of drug-likeness (QED) is 0.197. The summed E-state index contributed by atoms with van der Waals surface area (Å²) in [6, 6.07) is 7.37. The predicted molar refractivity (Wildman–Crippen MR) is 137 cm³/mol. The molecule has 1 aromatic carbocycles. The normalized spacial score (nSPS) is 11.8. The van der Waals surface area contributed by atoms with E-state index in [0.717, 1.165) is 18.4 Å². The molecule has 0 saturated carbocycles. The van der Waals surface area contributed by atoms with Gasteiger partial charge in [-0.15, -0.1) is 24.0 Å². The summed E-state index contributed by atoms with van der Waals surface area (Å²) in [5.41, 5.74) is 5.04. The van der Waals surface area contributed by atoms with Crippen LogP contribution in [0.3, 0.4) is 0 Å². The first-order valence-electron chi connectivity index (χ1n) is 10.5. The van der Waals surface area contributed by atoms with E-state index in [2.05, 4.69) is 20.9 Å². The van der Waals surface area contributed by atoms with Crippen LogP contribution in [0.5, 0.6) is 5.75 Å². The van der Waals surface area contributed by atoms with Gasteiger partial charge in [0.15, 0.2) is 12.6 Å². The Morgan fingerprint density at radius 3 is 2.31 bits per heavy atom. The Balaban J connectivity index is 0.00000961. The molecular weight excluding hydrogens is 525 g/mol. The number of nitrogens with two attached hydrogens (primary N) is 1. The largest absolute Gasteiger partial charge is 0.484 e. The fraction of sp³-hybridized carbons (Fsp3) is 0.591. The molecular formula is C22H38IN5O4. The average Bonchev–Trinajstić information content (AvgIpc) is 2.70. The number of benzene rings is 1. The number of guanidine groups is 1. The number of hydrogen-bond acceptors (Lipinski definition) is 5. The molecule has 9 nitrogen and oxygen atoms in total. The van der Waals surface area contributed by atoms with Gasteiger partial charge in [-0.3, -0.25) is 9.79 Å². The maximum absolute atomic E-state index is 12.3. The summed E-state index contributed by atoms with van der Waals surface area (Å²) in [5.74, 6) is 0.641. The number of aliphatic imine (C=N–C) groups is 1. The summed E-state index contributed by atoms with van der Waals surface area (Å²) < 4.78 is 10.8. The van der Waals surface area contributed by atoms with Gasteiger partial charge in [-0.25, -0.2) is 4.79 Å². The summed E-state index contributed by atoms with van der Waals surface area (Å²) in [4.78, 5) is 27.4. The minimum Gasteiger partial charge on any atom is -0.484 e. The molecule has 0 aliphatic heterocycles. The van der Waals surface area contributed by atoms with Crippen LogP contribution in [-0.4, -0.2) is 49.3 Å². The molecule has 0 aliphatic rings. The molecule has 5 N–H and O–H groups in total. The molecule has 0 unspecified atom stereocenters. The second kappa shape index (κ2) is 14.0. The lowest BCUT2D eigenvalue weighted by Gasteiger charge is -2.34. The van der Waals surface area contributed by atoms with Crippen molar-refractivity contribution >= 4 is 41.9 Å². The van der Waals surface area contributed by atoms with Crippen LogP contribution in [-0.2, 0) is 16.1 Å². The maximum atomic E-state index is 12.3. The number of alkyl carbamates (subject to hydrolysis) is 1. The van der Waals surface area contributed by atoms with E-state index in [1.54, 1.807) is 13.1 Å². The van der Waals surface area contributed by atoms with Gasteiger partial charge in [0.25, 0.3) is 5.91 Å². The molecule has 0 heterocycles. The number of carbonyl (C=O) groups excluding carboxylic acids is 2. The Morgan fingerprint density at radius 2 is 1.78 bits per heavy atom. The van der Waals surface area contributed by atoms with Crippen molar-refractivity contribution in [2.75, 3.05) is 20.2 Å². The molecule has 32 heavy (non-hydrogen) atoms. The van der Waals surface area contributed by atoms with Gasteiger partial charge in [-0.1, -0.05) is 26.0 Å². The highest BCUT2D eigenvalue weighted by Gasteiger charge is 2.30. The number of halogens is 1. The van der Waals surface area contributed by atoms with Gasteiger partial charge in [0, 0.05) is 20.1 Å². The molecule has 0 saturated heterocycles. The smallest absolute Gasteiger partial charge is 0.408 e. The topological polar surface area (TPSA) is 127 Å². The number of primary amides is 1. The number of nitrogens with one attached hydrogen (secondary N) is 3. The molecule has 2 amide bonds. The van der Waals surface area contributed by atoms with E-state index in [4.69, 9.17) is 15.2 Å². The summed E-state index contributed by atoms with van der Waals surface area (Å²) in [7, 11) is 1.68. The molecule has 0 aromatic heterocycles. The van der Waals surface area contributed by atoms with Gasteiger partial charge in [-0.2, -0.15) is 0 Å². The first-order chi connectivity index (χ1) is 14.5. The van der Waals surface area contributed by atoms with E-state index in [1.165, 1.54) is 0 Å². The van der Waals surface area contributed by atoms with Gasteiger partial charge >= 0.3 is 6.09 Å². The zero-order valence-electron chi connectivity index (χ0n) is 19.9. The number of carbonyl (C=O) groups is 2. The van der Waals surface area contributed by atoms with E-state index >= 15 is 0 Å². The van der Waals surface area contributed by atoms with Gasteiger partial charge in [0.1, 0.15) is 11.4 Å². The Bertz CT molecular complexity index is 761. The Hall–Kier alpha value is -2.24. The minimum atomic E-state index is -0.558. The third-order valence-electron chi connectivity index (χ3n) is 4.68. The second-order valence-electron chi connectivity index (χ2n) is 8.30. The van der Waals surface area contributed by atoms with Crippen LogP contribution in [0.15, 0.2) is 29.3 Å². The third kappa shape index (κ3) is 11.4. The van der Waals surface area contributed by atoms with Gasteiger partial charge in [0.05, 0.1) is 5.54 Å². The monoisotopic (exact) mass is 563 g/mol. The van der Waals surface area contributed by atoms with Crippen molar-refractivity contribution in [1.82, 2.24) is 16.0 Å². The second-order valence-corrected chi connectivity index (χ2v) is 8.30. The van der Waals surface area contributed by atoms with Crippen molar-refractivity contribution < 1.29 is 19.1 Å². The molecule has 10 heteroatoms. The molecule has 0 spiro atoms. The van der Waals surface area contributed by atoms with Crippen LogP contribution >= 0.6 is 24.0 Å². The van der Waals surface area contributed by atoms with E-state index < -0.39 is 23.1 Å². The Labute approximate surface area is 208 Å². The van der Waals surface area contributed by atoms with E-state index in [-0.39, 0.29) is 30.6 Å². The fourth-order valence-electron chi connectivity index (χ4n) is 2.80.